The lowest BCUT2D eigenvalue weighted by Crippen LogP contribution is -2.40. The first-order valence-electron chi connectivity index (χ1n) is 10.3. The van der Waals surface area contributed by atoms with Crippen molar-refractivity contribution in [2.75, 3.05) is 20.2 Å². The predicted octanol–water partition coefficient (Wildman–Crippen LogP) is 3.36. The van der Waals surface area contributed by atoms with Crippen LogP contribution < -0.4 is 14.8 Å². The average Bonchev–Trinajstić information content (AvgIpc) is 2.78. The van der Waals surface area contributed by atoms with Crippen molar-refractivity contribution >= 4 is 11.8 Å². The number of carbonyl (C=O) groups is 2. The van der Waals surface area contributed by atoms with E-state index >= 15 is 0 Å². The first kappa shape index (κ1) is 21.6. The van der Waals surface area contributed by atoms with Gasteiger partial charge < -0.3 is 19.7 Å². The molecule has 0 unspecified atom stereocenters. The number of piperidine rings is 1. The van der Waals surface area contributed by atoms with Gasteiger partial charge in [-0.3, -0.25) is 14.6 Å². The van der Waals surface area contributed by atoms with Crippen molar-refractivity contribution in [3.8, 4) is 11.5 Å². The minimum atomic E-state index is -0.168. The summed E-state index contributed by atoms with van der Waals surface area (Å²) in [5, 5.41) is 3.07. The molecule has 0 spiro atoms. The number of hydrogen-bond acceptors (Lipinski definition) is 5. The highest BCUT2D eigenvalue weighted by molar-refractivity contribution is 5.95. The first-order valence-corrected chi connectivity index (χ1v) is 10.3. The Morgan fingerprint density at radius 2 is 1.87 bits per heavy atom. The smallest absolute Gasteiger partial charge is 0.251 e. The average molecular weight is 412 g/mol. The molecule has 1 fully saturated rings. The molecule has 1 N–H and O–H groups in total. The molecule has 160 valence electrons. The number of ether oxygens (including phenoxy) is 2. The number of carbonyl (C=O) groups excluding carboxylic acids is 2. The zero-order valence-electron chi connectivity index (χ0n) is 17.8. The fourth-order valence-corrected chi connectivity index (χ4v) is 3.63. The van der Waals surface area contributed by atoms with Crippen molar-refractivity contribution in [2.45, 2.75) is 45.3 Å². The maximum absolute atomic E-state index is 12.8. The quantitative estimate of drug-likeness (QED) is 0.756. The molecule has 1 aromatic heterocycles. The predicted molar refractivity (Wildman–Crippen MR) is 114 cm³/mol. The first-order chi connectivity index (χ1) is 14.5. The van der Waals surface area contributed by atoms with E-state index in [0.29, 0.717) is 30.2 Å². The van der Waals surface area contributed by atoms with Gasteiger partial charge in [0.25, 0.3) is 5.91 Å². The summed E-state index contributed by atoms with van der Waals surface area (Å²) >= 11 is 0. The number of hydrogen-bond donors (Lipinski definition) is 1. The summed E-state index contributed by atoms with van der Waals surface area (Å²) in [6, 6.07) is 8.95. The molecule has 30 heavy (non-hydrogen) atoms. The SMILES string of the molecule is CC[C@H](NC(=O)c1ccc(OC2CCN(C(C)=O)CC2)c(OC)c1)c1ccncc1. The lowest BCUT2D eigenvalue weighted by atomic mass is 10.1. The standard InChI is InChI=1S/C23H29N3O4/c1-4-20(17-7-11-24-12-8-17)25-23(28)18-5-6-21(22(15-18)29-3)30-19-9-13-26(14-10-19)16(2)27/h5-8,11-12,15,19-20H,4,9-10,13-14H2,1-3H3,(H,25,28)/t20-/m0/s1. The molecule has 1 aromatic carbocycles. The highest BCUT2D eigenvalue weighted by Crippen LogP contribution is 2.31. The van der Waals surface area contributed by atoms with Crippen LogP contribution in [-0.2, 0) is 4.79 Å². The maximum Gasteiger partial charge on any atom is 0.251 e. The van der Waals surface area contributed by atoms with Crippen LogP contribution in [0.2, 0.25) is 0 Å². The third-order valence-electron chi connectivity index (χ3n) is 5.43. The Morgan fingerprint density at radius 1 is 1.17 bits per heavy atom. The third-order valence-corrected chi connectivity index (χ3v) is 5.43. The van der Waals surface area contributed by atoms with Gasteiger partial charge in [-0.05, 0) is 42.3 Å². The zero-order chi connectivity index (χ0) is 21.5. The topological polar surface area (TPSA) is 80.8 Å². The molecule has 2 amide bonds. The number of aromatic nitrogens is 1. The minimum absolute atomic E-state index is 0.0188. The van der Waals surface area contributed by atoms with Crippen molar-refractivity contribution in [3.63, 3.8) is 0 Å². The molecule has 0 radical (unpaired) electrons. The molecule has 1 aliphatic heterocycles. The molecule has 2 aromatic rings. The highest BCUT2D eigenvalue weighted by atomic mass is 16.5. The van der Waals surface area contributed by atoms with Crippen LogP contribution in [0.5, 0.6) is 11.5 Å². The van der Waals surface area contributed by atoms with Crippen molar-refractivity contribution in [3.05, 3.63) is 53.9 Å². The van der Waals surface area contributed by atoms with E-state index in [1.54, 1.807) is 44.6 Å². The second-order valence-electron chi connectivity index (χ2n) is 7.40. The Balaban J connectivity index is 1.66. The van der Waals surface area contributed by atoms with Crippen molar-refractivity contribution < 1.29 is 19.1 Å². The Morgan fingerprint density at radius 3 is 2.47 bits per heavy atom. The summed E-state index contributed by atoms with van der Waals surface area (Å²) in [4.78, 5) is 30.1. The number of methoxy groups -OCH3 is 1. The summed E-state index contributed by atoms with van der Waals surface area (Å²) < 4.78 is 11.6. The molecule has 0 aliphatic carbocycles. The van der Waals surface area contributed by atoms with E-state index in [9.17, 15) is 9.59 Å². The molecule has 7 nitrogen and oxygen atoms in total. The highest BCUT2D eigenvalue weighted by Gasteiger charge is 2.23. The van der Waals surface area contributed by atoms with E-state index in [2.05, 4.69) is 10.3 Å². The minimum Gasteiger partial charge on any atom is -0.493 e. The van der Waals surface area contributed by atoms with Crippen molar-refractivity contribution in [2.24, 2.45) is 0 Å². The number of amides is 2. The molecule has 2 heterocycles. The molecule has 1 atom stereocenters. The molecular formula is C23H29N3O4. The lowest BCUT2D eigenvalue weighted by molar-refractivity contribution is -0.130. The largest absolute Gasteiger partial charge is 0.493 e. The van der Waals surface area contributed by atoms with Crippen LogP contribution >= 0.6 is 0 Å². The van der Waals surface area contributed by atoms with Crippen LogP contribution in [0, 0.1) is 0 Å². The zero-order valence-corrected chi connectivity index (χ0v) is 17.8. The number of nitrogens with zero attached hydrogens (tertiary/aromatic N) is 2. The van der Waals surface area contributed by atoms with Crippen molar-refractivity contribution in [1.82, 2.24) is 15.2 Å². The molecular weight excluding hydrogens is 382 g/mol. The van der Waals surface area contributed by atoms with Crippen molar-refractivity contribution in [1.29, 1.82) is 0 Å². The normalized spacial score (nSPS) is 15.4. The van der Waals surface area contributed by atoms with E-state index < -0.39 is 0 Å². The molecule has 1 saturated heterocycles. The van der Waals surface area contributed by atoms with Gasteiger partial charge in [0, 0.05) is 50.8 Å². The van der Waals surface area contributed by atoms with Crippen LogP contribution in [0.1, 0.15) is 55.1 Å². The van der Waals surface area contributed by atoms with Crippen LogP contribution in [0.3, 0.4) is 0 Å². The Kier molecular flexibility index (Phi) is 7.27. The van der Waals surface area contributed by atoms with Gasteiger partial charge in [-0.1, -0.05) is 6.92 Å². The fraction of sp³-hybridized carbons (Fsp3) is 0.435. The van der Waals surface area contributed by atoms with Crippen LogP contribution in [0.4, 0.5) is 0 Å². The van der Waals surface area contributed by atoms with Gasteiger partial charge >= 0.3 is 0 Å². The number of pyridine rings is 1. The second kappa shape index (κ2) is 10.1. The van der Waals surface area contributed by atoms with Crippen LogP contribution in [-0.4, -0.2) is 48.0 Å². The van der Waals surface area contributed by atoms with Gasteiger partial charge in [0.2, 0.25) is 5.91 Å². The Labute approximate surface area is 177 Å². The van der Waals surface area contributed by atoms with E-state index in [1.165, 1.54) is 0 Å². The summed E-state index contributed by atoms with van der Waals surface area (Å²) in [5.41, 5.74) is 1.53. The van der Waals surface area contributed by atoms with Gasteiger partial charge in [0.05, 0.1) is 13.2 Å². The molecule has 0 bridgehead atoms. The van der Waals surface area contributed by atoms with Gasteiger partial charge in [0.1, 0.15) is 6.10 Å². The maximum atomic E-state index is 12.8. The summed E-state index contributed by atoms with van der Waals surface area (Å²) in [6.07, 6.45) is 5.78. The van der Waals surface area contributed by atoms with E-state index in [-0.39, 0.29) is 24.0 Å². The van der Waals surface area contributed by atoms with E-state index in [0.717, 1.165) is 24.8 Å². The Hall–Kier alpha value is -3.09. The number of rotatable bonds is 7. The summed E-state index contributed by atoms with van der Waals surface area (Å²) in [5.74, 6) is 1.06. The summed E-state index contributed by atoms with van der Waals surface area (Å²) in [6.45, 7) is 5.00. The number of likely N-dealkylation sites (tertiary alicyclic amines) is 1. The van der Waals surface area contributed by atoms with Gasteiger partial charge in [0.15, 0.2) is 11.5 Å². The van der Waals surface area contributed by atoms with Gasteiger partial charge in [-0.15, -0.1) is 0 Å². The Bertz CT molecular complexity index is 864. The molecule has 0 saturated carbocycles. The number of benzene rings is 1. The lowest BCUT2D eigenvalue weighted by Gasteiger charge is -2.31. The molecule has 3 rings (SSSR count). The molecule has 1 aliphatic rings. The third kappa shape index (κ3) is 5.28. The van der Waals surface area contributed by atoms with E-state index in [4.69, 9.17) is 9.47 Å². The van der Waals surface area contributed by atoms with Crippen LogP contribution in [0.25, 0.3) is 0 Å². The monoisotopic (exact) mass is 411 g/mol. The number of nitrogens with one attached hydrogen (secondary N) is 1. The van der Waals surface area contributed by atoms with Gasteiger partial charge in [-0.25, -0.2) is 0 Å². The second-order valence-corrected chi connectivity index (χ2v) is 7.40. The fourth-order valence-electron chi connectivity index (χ4n) is 3.63. The van der Waals surface area contributed by atoms with Crippen LogP contribution in [0.15, 0.2) is 42.7 Å². The van der Waals surface area contributed by atoms with Gasteiger partial charge in [-0.2, -0.15) is 0 Å². The van der Waals surface area contributed by atoms with E-state index in [1.807, 2.05) is 24.0 Å². The summed E-state index contributed by atoms with van der Waals surface area (Å²) in [7, 11) is 1.56. The molecule has 7 heteroatoms.